The van der Waals surface area contributed by atoms with E-state index in [1.54, 1.807) is 5.06 Å². The number of nitrogens with zero attached hydrogens (tertiary/aromatic N) is 4. The van der Waals surface area contributed by atoms with E-state index in [2.05, 4.69) is 16.1 Å². The first-order valence-corrected chi connectivity index (χ1v) is 9.31. The molecule has 1 aromatic rings. The zero-order chi connectivity index (χ0) is 16.6. The number of amides is 1. The van der Waals surface area contributed by atoms with Gasteiger partial charge in [0.2, 0.25) is 5.91 Å². The van der Waals surface area contributed by atoms with Crippen LogP contribution >= 0.6 is 0 Å². The fourth-order valence-electron chi connectivity index (χ4n) is 4.86. The highest BCUT2D eigenvalue weighted by atomic mass is 16.7. The average Bonchev–Trinajstić information content (AvgIpc) is 3.31. The molecule has 2 atom stereocenters. The molecule has 1 amide bonds. The molecular formula is C18H28N4O2. The van der Waals surface area contributed by atoms with Crippen LogP contribution < -0.4 is 0 Å². The predicted octanol–water partition coefficient (Wildman–Crippen LogP) is 1.97. The average molecular weight is 332 g/mol. The van der Waals surface area contributed by atoms with Gasteiger partial charge < -0.3 is 0 Å². The lowest BCUT2D eigenvalue weighted by molar-refractivity contribution is -0.204. The van der Waals surface area contributed by atoms with Crippen LogP contribution in [0.2, 0.25) is 0 Å². The molecule has 4 rings (SSSR count). The number of aryl methyl sites for hydroxylation is 1. The molecule has 3 heterocycles. The van der Waals surface area contributed by atoms with Gasteiger partial charge in [0.1, 0.15) is 0 Å². The quantitative estimate of drug-likeness (QED) is 0.849. The van der Waals surface area contributed by atoms with Crippen molar-refractivity contribution >= 4 is 5.91 Å². The van der Waals surface area contributed by atoms with Gasteiger partial charge in [-0.1, -0.05) is 6.42 Å². The van der Waals surface area contributed by atoms with Crippen LogP contribution in [0.5, 0.6) is 0 Å². The molecule has 1 aromatic heterocycles. The molecular weight excluding hydrogens is 304 g/mol. The fraction of sp³-hybridized carbons (Fsp3) is 0.778. The van der Waals surface area contributed by atoms with E-state index in [0.717, 1.165) is 51.9 Å². The summed E-state index contributed by atoms with van der Waals surface area (Å²) in [7, 11) is 2.00. The maximum absolute atomic E-state index is 13.0. The van der Waals surface area contributed by atoms with E-state index >= 15 is 0 Å². The Morgan fingerprint density at radius 2 is 2.25 bits per heavy atom. The maximum Gasteiger partial charge on any atom is 0.249 e. The van der Waals surface area contributed by atoms with Crippen molar-refractivity contribution in [2.45, 2.75) is 45.1 Å². The zero-order valence-electron chi connectivity index (χ0n) is 14.6. The van der Waals surface area contributed by atoms with Crippen LogP contribution in [-0.2, 0) is 23.2 Å². The standard InChI is InChI=1S/C18H28N4O2/c1-20-15(6-9-19-20)13-21-11-8-18(14-21)7-4-5-16(18)17(23)22-10-2-3-12-24-22/h6,9,16H,2-5,7-8,10-14H2,1H3/t16-,18-/m0/s1. The second-order valence-electron chi connectivity index (χ2n) is 7.69. The van der Waals surface area contributed by atoms with Gasteiger partial charge in [-0.2, -0.15) is 5.10 Å². The molecule has 2 aliphatic heterocycles. The van der Waals surface area contributed by atoms with Crippen molar-refractivity contribution in [2.24, 2.45) is 18.4 Å². The van der Waals surface area contributed by atoms with Crippen LogP contribution in [0, 0.1) is 11.3 Å². The Hall–Kier alpha value is -1.40. The third-order valence-corrected chi connectivity index (χ3v) is 6.23. The molecule has 0 radical (unpaired) electrons. The number of rotatable bonds is 3. The van der Waals surface area contributed by atoms with E-state index in [1.165, 1.54) is 18.5 Å². The van der Waals surface area contributed by atoms with Crippen LogP contribution in [0.25, 0.3) is 0 Å². The first-order valence-electron chi connectivity index (χ1n) is 9.31. The predicted molar refractivity (Wildman–Crippen MR) is 89.8 cm³/mol. The first-order chi connectivity index (χ1) is 11.7. The second-order valence-corrected chi connectivity index (χ2v) is 7.69. The van der Waals surface area contributed by atoms with Crippen molar-refractivity contribution in [1.29, 1.82) is 0 Å². The SMILES string of the molecule is Cn1nccc1CN1CC[C@@]2(CCC[C@H]2C(=O)N2CCCCO2)C1. The molecule has 3 fully saturated rings. The lowest BCUT2D eigenvalue weighted by Gasteiger charge is -2.35. The van der Waals surface area contributed by atoms with E-state index < -0.39 is 0 Å². The van der Waals surface area contributed by atoms with Gasteiger partial charge in [-0.15, -0.1) is 0 Å². The maximum atomic E-state index is 13.0. The normalized spacial score (nSPS) is 31.2. The van der Waals surface area contributed by atoms with Crippen molar-refractivity contribution in [3.8, 4) is 0 Å². The van der Waals surface area contributed by atoms with E-state index in [4.69, 9.17) is 4.84 Å². The highest BCUT2D eigenvalue weighted by Gasteiger charge is 2.51. The third kappa shape index (κ3) is 2.86. The Labute approximate surface area is 143 Å². The van der Waals surface area contributed by atoms with Crippen molar-refractivity contribution in [3.05, 3.63) is 18.0 Å². The molecule has 0 bridgehead atoms. The number of hydrogen-bond donors (Lipinski definition) is 0. The second kappa shape index (κ2) is 6.48. The van der Waals surface area contributed by atoms with Crippen LogP contribution in [0.15, 0.2) is 12.3 Å². The summed E-state index contributed by atoms with van der Waals surface area (Å²) in [6.45, 7) is 4.50. The number of likely N-dealkylation sites (tertiary alicyclic amines) is 1. The lowest BCUT2D eigenvalue weighted by Crippen LogP contribution is -2.45. The summed E-state index contributed by atoms with van der Waals surface area (Å²) in [4.78, 5) is 21.1. The summed E-state index contributed by atoms with van der Waals surface area (Å²) < 4.78 is 1.95. The summed E-state index contributed by atoms with van der Waals surface area (Å²) in [5, 5.41) is 5.94. The molecule has 6 nitrogen and oxygen atoms in total. The zero-order valence-corrected chi connectivity index (χ0v) is 14.6. The number of aromatic nitrogens is 2. The van der Waals surface area contributed by atoms with Gasteiger partial charge in [-0.05, 0) is 50.1 Å². The van der Waals surface area contributed by atoms with Crippen LogP contribution in [0.4, 0.5) is 0 Å². The van der Waals surface area contributed by atoms with E-state index in [1.807, 2.05) is 17.9 Å². The molecule has 1 spiro atoms. The first kappa shape index (κ1) is 16.1. The molecule has 24 heavy (non-hydrogen) atoms. The van der Waals surface area contributed by atoms with Gasteiger partial charge in [0, 0.05) is 38.8 Å². The lowest BCUT2D eigenvalue weighted by atomic mass is 9.76. The highest BCUT2D eigenvalue weighted by Crippen LogP contribution is 2.50. The molecule has 2 saturated heterocycles. The van der Waals surface area contributed by atoms with Crippen molar-refractivity contribution in [3.63, 3.8) is 0 Å². The molecule has 6 heteroatoms. The van der Waals surface area contributed by atoms with E-state index in [0.29, 0.717) is 6.61 Å². The summed E-state index contributed by atoms with van der Waals surface area (Å²) in [6.07, 6.45) is 8.50. The van der Waals surface area contributed by atoms with Crippen molar-refractivity contribution < 1.29 is 9.63 Å². The topological polar surface area (TPSA) is 50.6 Å². The molecule has 0 aromatic carbocycles. The minimum Gasteiger partial charge on any atom is -0.297 e. The molecule has 1 aliphatic carbocycles. The Morgan fingerprint density at radius 3 is 3.00 bits per heavy atom. The van der Waals surface area contributed by atoms with Gasteiger partial charge in [-0.3, -0.25) is 19.2 Å². The number of hydrogen-bond acceptors (Lipinski definition) is 4. The van der Waals surface area contributed by atoms with Crippen LogP contribution in [0.1, 0.15) is 44.2 Å². The summed E-state index contributed by atoms with van der Waals surface area (Å²) >= 11 is 0. The van der Waals surface area contributed by atoms with E-state index in [-0.39, 0.29) is 17.2 Å². The van der Waals surface area contributed by atoms with Crippen LogP contribution in [-0.4, -0.2) is 51.9 Å². The van der Waals surface area contributed by atoms with Gasteiger partial charge in [0.25, 0.3) is 0 Å². The number of carbonyl (C=O) groups is 1. The smallest absolute Gasteiger partial charge is 0.249 e. The number of carbonyl (C=O) groups excluding carboxylic acids is 1. The Balaban J connectivity index is 1.44. The van der Waals surface area contributed by atoms with Gasteiger partial charge in [0.05, 0.1) is 12.3 Å². The highest BCUT2D eigenvalue weighted by molar-refractivity contribution is 5.79. The molecule has 3 aliphatic rings. The molecule has 1 saturated carbocycles. The summed E-state index contributed by atoms with van der Waals surface area (Å²) in [5.41, 5.74) is 1.41. The largest absolute Gasteiger partial charge is 0.297 e. The van der Waals surface area contributed by atoms with Crippen molar-refractivity contribution in [1.82, 2.24) is 19.7 Å². The minimum absolute atomic E-state index is 0.145. The summed E-state index contributed by atoms with van der Waals surface area (Å²) in [5.74, 6) is 0.390. The Bertz CT molecular complexity index is 596. The van der Waals surface area contributed by atoms with Gasteiger partial charge in [0.15, 0.2) is 0 Å². The Kier molecular flexibility index (Phi) is 4.35. The third-order valence-electron chi connectivity index (χ3n) is 6.23. The van der Waals surface area contributed by atoms with Crippen molar-refractivity contribution in [2.75, 3.05) is 26.2 Å². The molecule has 0 N–H and O–H groups in total. The number of hydroxylamine groups is 2. The van der Waals surface area contributed by atoms with E-state index in [9.17, 15) is 4.79 Å². The van der Waals surface area contributed by atoms with Crippen LogP contribution in [0.3, 0.4) is 0 Å². The van der Waals surface area contributed by atoms with Gasteiger partial charge in [-0.25, -0.2) is 5.06 Å². The summed E-state index contributed by atoms with van der Waals surface area (Å²) in [6, 6.07) is 2.09. The minimum atomic E-state index is 0.145. The fourth-order valence-corrected chi connectivity index (χ4v) is 4.86. The monoisotopic (exact) mass is 332 g/mol. The molecule has 0 unspecified atom stereocenters. The molecule has 132 valence electrons. The van der Waals surface area contributed by atoms with Gasteiger partial charge >= 0.3 is 0 Å². The Morgan fingerprint density at radius 1 is 1.33 bits per heavy atom.